The number of ketones is 1. The molecule has 11 unspecified atom stereocenters. The van der Waals surface area contributed by atoms with Gasteiger partial charge in [0.15, 0.2) is 5.78 Å². The number of rotatable bonds is 6. The molecule has 4 aliphatic carbocycles. The van der Waals surface area contributed by atoms with Gasteiger partial charge < -0.3 is 20.1 Å². The number of Topliss-reactive ketones (excluding diaryl/α,β-unsaturated/α-hetero) is 1. The van der Waals surface area contributed by atoms with Crippen LogP contribution in [0, 0.1) is 46.3 Å². The topological polar surface area (TPSA) is 104 Å². The Hall–Kier alpha value is -1.24. The molecule has 0 amide bonds. The van der Waals surface area contributed by atoms with Crippen LogP contribution >= 0.6 is 0 Å². The van der Waals surface area contributed by atoms with Crippen molar-refractivity contribution in [2.75, 3.05) is 7.11 Å². The van der Waals surface area contributed by atoms with Gasteiger partial charge in [0.1, 0.15) is 5.60 Å². The quantitative estimate of drug-likeness (QED) is 0.383. The van der Waals surface area contributed by atoms with Crippen molar-refractivity contribution in [2.24, 2.45) is 46.3 Å². The van der Waals surface area contributed by atoms with Gasteiger partial charge in [0.25, 0.3) is 0 Å². The van der Waals surface area contributed by atoms with Crippen LogP contribution in [-0.4, -0.2) is 52.0 Å². The summed E-state index contributed by atoms with van der Waals surface area (Å²) >= 11 is 0. The Balaban J connectivity index is 1.58. The highest BCUT2D eigenvalue weighted by atomic mass is 16.5. The van der Waals surface area contributed by atoms with E-state index < -0.39 is 17.8 Å². The first kappa shape index (κ1) is 26.8. The Kier molecular flexibility index (Phi) is 7.09. The molecule has 35 heavy (non-hydrogen) atoms. The molecule has 0 heterocycles. The third kappa shape index (κ3) is 4.12. The van der Waals surface area contributed by atoms with Gasteiger partial charge in [-0.3, -0.25) is 9.59 Å². The molecule has 11 atom stereocenters. The van der Waals surface area contributed by atoms with Gasteiger partial charge in [0.2, 0.25) is 0 Å². The van der Waals surface area contributed by atoms with Gasteiger partial charge in [-0.05, 0) is 110 Å². The molecule has 4 aliphatic rings. The number of methoxy groups -OCH3 is 1. The summed E-state index contributed by atoms with van der Waals surface area (Å²) < 4.78 is 4.84. The summed E-state index contributed by atoms with van der Waals surface area (Å²) in [5.74, 6) is 0.675. The van der Waals surface area contributed by atoms with Gasteiger partial charge in [0.05, 0.1) is 19.3 Å². The summed E-state index contributed by atoms with van der Waals surface area (Å²) in [6.07, 6.45) is 4.89. The number of ether oxygens (including phenoxy) is 1. The number of aliphatic hydroxyl groups excluding tert-OH is 2. The van der Waals surface area contributed by atoms with Crippen molar-refractivity contribution in [2.45, 2.75) is 103 Å². The van der Waals surface area contributed by atoms with E-state index in [4.69, 9.17) is 4.74 Å². The van der Waals surface area contributed by atoms with Crippen LogP contribution in [0.5, 0.6) is 0 Å². The number of fused-ring (bicyclic) bond motifs is 5. The molecule has 0 aliphatic heterocycles. The normalized spacial score (nSPS) is 47.7. The minimum atomic E-state index is -1.39. The van der Waals surface area contributed by atoms with E-state index in [2.05, 4.69) is 27.4 Å². The average Bonchev–Trinajstić information content (AvgIpc) is 3.17. The van der Waals surface area contributed by atoms with E-state index in [9.17, 15) is 24.9 Å². The van der Waals surface area contributed by atoms with Crippen molar-refractivity contribution in [3.8, 4) is 0 Å². The third-order valence-electron chi connectivity index (χ3n) is 11.5. The zero-order valence-electron chi connectivity index (χ0n) is 22.3. The maximum Gasteiger partial charge on any atom is 0.305 e. The molecule has 6 heteroatoms. The number of hydrogen-bond donors (Lipinski definition) is 3. The number of carbonyl (C=O) groups excluding carboxylic acids is 2. The zero-order chi connectivity index (χ0) is 25.9. The highest BCUT2D eigenvalue weighted by molar-refractivity contribution is 6.00. The largest absolute Gasteiger partial charge is 0.469 e. The maximum atomic E-state index is 12.7. The van der Waals surface area contributed by atoms with Crippen LogP contribution in [0.15, 0.2) is 12.2 Å². The third-order valence-corrected chi connectivity index (χ3v) is 11.5. The van der Waals surface area contributed by atoms with Crippen molar-refractivity contribution in [3.63, 3.8) is 0 Å². The number of esters is 1. The highest BCUT2D eigenvalue weighted by Crippen LogP contribution is 2.69. The molecular weight excluding hydrogens is 444 g/mol. The fourth-order valence-electron chi connectivity index (χ4n) is 9.40. The van der Waals surface area contributed by atoms with E-state index in [-0.39, 0.29) is 52.2 Å². The Bertz CT molecular complexity index is 869. The Labute approximate surface area is 210 Å². The number of hydrogen-bond acceptors (Lipinski definition) is 6. The molecule has 0 bridgehead atoms. The minimum absolute atomic E-state index is 0.0357. The van der Waals surface area contributed by atoms with E-state index in [1.807, 2.05) is 0 Å². The molecule has 0 spiro atoms. The van der Waals surface area contributed by atoms with Gasteiger partial charge in [-0.2, -0.15) is 0 Å². The first-order valence-corrected chi connectivity index (χ1v) is 13.6. The van der Waals surface area contributed by atoms with Gasteiger partial charge in [0, 0.05) is 6.42 Å². The molecule has 4 fully saturated rings. The van der Waals surface area contributed by atoms with Crippen LogP contribution < -0.4 is 0 Å². The molecule has 0 aromatic heterocycles. The average molecular weight is 491 g/mol. The van der Waals surface area contributed by atoms with Crippen LogP contribution in [0.25, 0.3) is 0 Å². The second-order valence-corrected chi connectivity index (χ2v) is 13.0. The first-order valence-electron chi connectivity index (χ1n) is 13.6. The molecule has 3 N–H and O–H groups in total. The fraction of sp³-hybridized carbons (Fsp3) is 0.862. The predicted octanol–water partition coefficient (Wildman–Crippen LogP) is 4.05. The summed E-state index contributed by atoms with van der Waals surface area (Å²) in [5, 5.41) is 34.4. The monoisotopic (exact) mass is 490 g/mol. The second-order valence-electron chi connectivity index (χ2n) is 13.0. The number of carbonyl (C=O) groups is 2. The maximum absolute atomic E-state index is 12.7. The van der Waals surface area contributed by atoms with Gasteiger partial charge in [-0.15, -0.1) is 0 Å². The summed E-state index contributed by atoms with van der Waals surface area (Å²) in [6.45, 7) is 12.1. The lowest BCUT2D eigenvalue weighted by Crippen LogP contribution is -2.63. The highest BCUT2D eigenvalue weighted by Gasteiger charge is 2.66. The van der Waals surface area contributed by atoms with E-state index >= 15 is 0 Å². The smallest absolute Gasteiger partial charge is 0.305 e. The molecule has 4 saturated carbocycles. The van der Waals surface area contributed by atoms with Gasteiger partial charge in [-0.1, -0.05) is 27.4 Å². The van der Waals surface area contributed by atoms with E-state index in [1.54, 1.807) is 6.92 Å². The molecule has 4 rings (SSSR count). The lowest BCUT2D eigenvalue weighted by molar-refractivity contribution is -0.214. The van der Waals surface area contributed by atoms with E-state index in [0.29, 0.717) is 43.6 Å². The fourth-order valence-corrected chi connectivity index (χ4v) is 9.40. The van der Waals surface area contributed by atoms with Gasteiger partial charge >= 0.3 is 5.97 Å². The number of aliphatic hydroxyl groups is 3. The zero-order valence-corrected chi connectivity index (χ0v) is 22.3. The SMILES string of the molecule is C=C(C)C(=O)C1(O)CCC2(C)C(CC(O)C3C2CC(O)C2(C)C(C(C)CCC(=O)OC)CCC32)C1. The van der Waals surface area contributed by atoms with Crippen molar-refractivity contribution < 1.29 is 29.6 Å². The summed E-state index contributed by atoms with van der Waals surface area (Å²) in [7, 11) is 1.42. The van der Waals surface area contributed by atoms with Crippen LogP contribution in [0.3, 0.4) is 0 Å². The first-order chi connectivity index (χ1) is 16.3. The molecule has 198 valence electrons. The lowest BCUT2D eigenvalue weighted by Gasteiger charge is -2.64. The minimum Gasteiger partial charge on any atom is -0.469 e. The van der Waals surface area contributed by atoms with E-state index in [1.165, 1.54) is 7.11 Å². The summed E-state index contributed by atoms with van der Waals surface area (Å²) in [4.78, 5) is 24.5. The molecular formula is C29H46O6. The molecule has 0 aromatic rings. The van der Waals surface area contributed by atoms with Gasteiger partial charge in [-0.25, -0.2) is 0 Å². The van der Waals surface area contributed by atoms with Crippen LogP contribution in [-0.2, 0) is 14.3 Å². The van der Waals surface area contributed by atoms with Crippen molar-refractivity contribution in [1.29, 1.82) is 0 Å². The van der Waals surface area contributed by atoms with Crippen molar-refractivity contribution >= 4 is 11.8 Å². The Morgan fingerprint density at radius 3 is 2.43 bits per heavy atom. The van der Waals surface area contributed by atoms with Crippen LogP contribution in [0.2, 0.25) is 0 Å². The van der Waals surface area contributed by atoms with Crippen LogP contribution in [0.1, 0.15) is 85.5 Å². The van der Waals surface area contributed by atoms with Crippen LogP contribution in [0.4, 0.5) is 0 Å². The molecule has 0 saturated heterocycles. The molecule has 0 radical (unpaired) electrons. The summed E-state index contributed by atoms with van der Waals surface area (Å²) in [5.41, 5.74) is -1.42. The molecule has 6 nitrogen and oxygen atoms in total. The van der Waals surface area contributed by atoms with Crippen molar-refractivity contribution in [3.05, 3.63) is 12.2 Å². The van der Waals surface area contributed by atoms with Crippen molar-refractivity contribution in [1.82, 2.24) is 0 Å². The van der Waals surface area contributed by atoms with E-state index in [0.717, 1.165) is 25.7 Å². The predicted molar refractivity (Wildman–Crippen MR) is 133 cm³/mol. The molecule has 0 aromatic carbocycles. The lowest BCUT2D eigenvalue weighted by atomic mass is 9.42. The second kappa shape index (κ2) is 9.25. The summed E-state index contributed by atoms with van der Waals surface area (Å²) in [6, 6.07) is 0. The Morgan fingerprint density at radius 2 is 1.80 bits per heavy atom. The standard InChI is InChI=1S/C29H46O6/c1-16(2)26(33)29(34)12-11-27(4)18(15-29)13-22(30)25-20-9-8-19(17(3)7-10-24(32)35-6)28(20,5)23(31)14-21(25)27/h17-23,25,30-31,34H,1,7-15H2,2-6H3. The Morgan fingerprint density at radius 1 is 1.11 bits per heavy atom.